The van der Waals surface area contributed by atoms with Crippen molar-refractivity contribution in [2.45, 2.75) is 46.3 Å². The fourth-order valence-electron chi connectivity index (χ4n) is 1.49. The van der Waals surface area contributed by atoms with Gasteiger partial charge in [-0.1, -0.05) is 0 Å². The zero-order valence-corrected chi connectivity index (χ0v) is 12.5. The summed E-state index contributed by atoms with van der Waals surface area (Å²) in [4.78, 5) is 12.0. The highest BCUT2D eigenvalue weighted by Gasteiger charge is 2.26. The van der Waals surface area contributed by atoms with Crippen molar-refractivity contribution in [2.75, 3.05) is 12.4 Å². The summed E-state index contributed by atoms with van der Waals surface area (Å²) in [5.41, 5.74) is 0.881. The van der Waals surface area contributed by atoms with Crippen molar-refractivity contribution < 1.29 is 14.3 Å². The van der Waals surface area contributed by atoms with Crippen LogP contribution in [0.2, 0.25) is 0 Å². The van der Waals surface area contributed by atoms with E-state index >= 15 is 0 Å². The fourth-order valence-corrected chi connectivity index (χ4v) is 1.49. The highest BCUT2D eigenvalue weighted by Crippen LogP contribution is 2.23. The number of nitrogens with one attached hydrogen (secondary N) is 1. The van der Waals surface area contributed by atoms with E-state index in [1.165, 1.54) is 7.11 Å². The van der Waals surface area contributed by atoms with Crippen LogP contribution in [0.4, 0.5) is 5.69 Å². The Labute approximate surface area is 115 Å². The summed E-state index contributed by atoms with van der Waals surface area (Å²) < 4.78 is 10.8. The molecule has 0 aromatic heterocycles. The van der Waals surface area contributed by atoms with Gasteiger partial charge < -0.3 is 14.8 Å². The maximum Gasteiger partial charge on any atom is 0.256 e. The largest absolute Gasteiger partial charge is 0.491 e. The normalized spacial score (nSPS) is 11.5. The van der Waals surface area contributed by atoms with Crippen LogP contribution in [0.25, 0.3) is 0 Å². The third-order valence-corrected chi connectivity index (χ3v) is 2.85. The van der Waals surface area contributed by atoms with Gasteiger partial charge in [-0.2, -0.15) is 0 Å². The first-order valence-corrected chi connectivity index (χ1v) is 6.40. The highest BCUT2D eigenvalue weighted by molar-refractivity contribution is 5.96. The third-order valence-electron chi connectivity index (χ3n) is 2.85. The molecule has 1 aromatic rings. The van der Waals surface area contributed by atoms with E-state index in [2.05, 4.69) is 5.32 Å². The van der Waals surface area contributed by atoms with Crippen LogP contribution in [-0.2, 0) is 9.53 Å². The van der Waals surface area contributed by atoms with Crippen molar-refractivity contribution >= 4 is 11.6 Å². The Kier molecular flexibility index (Phi) is 4.95. The Balaban J connectivity index is 2.82. The molecule has 0 fully saturated rings. The zero-order valence-electron chi connectivity index (χ0n) is 12.5. The number of anilines is 1. The lowest BCUT2D eigenvalue weighted by molar-refractivity contribution is -0.133. The van der Waals surface area contributed by atoms with Crippen LogP contribution in [0.5, 0.6) is 5.75 Å². The van der Waals surface area contributed by atoms with Gasteiger partial charge in [0.25, 0.3) is 5.91 Å². The van der Waals surface area contributed by atoms with Crippen LogP contribution in [0.15, 0.2) is 18.2 Å². The molecule has 1 aromatic carbocycles. The summed E-state index contributed by atoms with van der Waals surface area (Å²) in [5, 5.41) is 2.83. The van der Waals surface area contributed by atoms with E-state index in [0.717, 1.165) is 17.0 Å². The summed E-state index contributed by atoms with van der Waals surface area (Å²) in [5.74, 6) is 0.658. The molecule has 0 aliphatic heterocycles. The van der Waals surface area contributed by atoms with Crippen LogP contribution in [0.1, 0.15) is 33.3 Å². The molecule has 0 heterocycles. The van der Waals surface area contributed by atoms with Gasteiger partial charge in [0.1, 0.15) is 11.4 Å². The summed E-state index contributed by atoms with van der Waals surface area (Å²) in [6.45, 7) is 9.37. The lowest BCUT2D eigenvalue weighted by atomic mass is 10.1. The zero-order chi connectivity index (χ0) is 14.6. The number of rotatable bonds is 5. The molecule has 106 valence electrons. The van der Waals surface area contributed by atoms with Gasteiger partial charge in [-0.05, 0) is 58.4 Å². The van der Waals surface area contributed by atoms with Gasteiger partial charge >= 0.3 is 0 Å². The highest BCUT2D eigenvalue weighted by atomic mass is 16.5. The standard InChI is InChI=1S/C15H23NO3/c1-10(2)19-13-8-7-12(9-11(13)3)16-14(17)15(4,5)18-6/h7-10H,1-6H3,(H,16,17). The number of aryl methyl sites for hydroxylation is 1. The van der Waals surface area contributed by atoms with Gasteiger partial charge in [0.05, 0.1) is 6.10 Å². The molecular weight excluding hydrogens is 242 g/mol. The van der Waals surface area contributed by atoms with Crippen LogP contribution >= 0.6 is 0 Å². The van der Waals surface area contributed by atoms with E-state index in [0.29, 0.717) is 0 Å². The van der Waals surface area contributed by atoms with Crippen LogP contribution < -0.4 is 10.1 Å². The summed E-state index contributed by atoms with van der Waals surface area (Å²) in [7, 11) is 1.52. The van der Waals surface area contributed by atoms with Crippen LogP contribution in [-0.4, -0.2) is 24.7 Å². The molecule has 1 N–H and O–H groups in total. The number of benzene rings is 1. The number of amides is 1. The van der Waals surface area contributed by atoms with Crippen molar-refractivity contribution in [2.24, 2.45) is 0 Å². The van der Waals surface area contributed by atoms with Crippen molar-refractivity contribution in [1.82, 2.24) is 0 Å². The minimum Gasteiger partial charge on any atom is -0.491 e. The number of ether oxygens (including phenoxy) is 2. The van der Waals surface area contributed by atoms with Gasteiger partial charge in [-0.15, -0.1) is 0 Å². The molecule has 0 saturated carbocycles. The smallest absolute Gasteiger partial charge is 0.256 e. The minimum absolute atomic E-state index is 0.131. The Hall–Kier alpha value is -1.55. The first-order chi connectivity index (χ1) is 8.76. The molecule has 4 heteroatoms. The molecule has 0 unspecified atom stereocenters. The van der Waals surface area contributed by atoms with Crippen molar-refractivity contribution in [3.05, 3.63) is 23.8 Å². The van der Waals surface area contributed by atoms with E-state index < -0.39 is 5.60 Å². The second-order valence-electron chi connectivity index (χ2n) is 5.32. The van der Waals surface area contributed by atoms with Gasteiger partial charge in [-0.25, -0.2) is 0 Å². The average Bonchev–Trinajstić information content (AvgIpc) is 2.32. The van der Waals surface area contributed by atoms with Gasteiger partial charge in [0, 0.05) is 12.8 Å². The Morgan fingerprint density at radius 2 is 1.95 bits per heavy atom. The Bertz CT molecular complexity index is 453. The van der Waals surface area contributed by atoms with Gasteiger partial charge in [-0.3, -0.25) is 4.79 Å². The predicted molar refractivity (Wildman–Crippen MR) is 76.7 cm³/mol. The topological polar surface area (TPSA) is 47.6 Å². The van der Waals surface area contributed by atoms with Gasteiger partial charge in [0.2, 0.25) is 0 Å². The SMILES string of the molecule is COC(C)(C)C(=O)Nc1ccc(OC(C)C)c(C)c1. The van der Waals surface area contributed by atoms with Crippen LogP contribution in [0.3, 0.4) is 0 Å². The molecule has 0 aliphatic rings. The maximum absolute atomic E-state index is 12.0. The number of hydrogen-bond acceptors (Lipinski definition) is 3. The molecule has 0 spiro atoms. The minimum atomic E-state index is -0.846. The lowest BCUT2D eigenvalue weighted by Gasteiger charge is -2.22. The molecule has 0 aliphatic carbocycles. The third kappa shape index (κ3) is 4.24. The number of carbonyl (C=O) groups is 1. The molecule has 19 heavy (non-hydrogen) atoms. The molecule has 1 rings (SSSR count). The molecule has 0 atom stereocenters. The second-order valence-corrected chi connectivity index (χ2v) is 5.32. The van der Waals surface area contributed by atoms with Crippen molar-refractivity contribution in [3.8, 4) is 5.75 Å². The molecule has 0 radical (unpaired) electrons. The summed E-state index contributed by atoms with van der Waals surface area (Å²) in [6.07, 6.45) is 0.131. The summed E-state index contributed by atoms with van der Waals surface area (Å²) >= 11 is 0. The number of methoxy groups -OCH3 is 1. The Morgan fingerprint density at radius 3 is 2.42 bits per heavy atom. The van der Waals surface area contributed by atoms with E-state index in [1.54, 1.807) is 13.8 Å². The quantitative estimate of drug-likeness (QED) is 0.889. The molecular formula is C15H23NO3. The van der Waals surface area contributed by atoms with E-state index in [-0.39, 0.29) is 12.0 Å². The first kappa shape index (κ1) is 15.5. The molecule has 4 nitrogen and oxygen atoms in total. The van der Waals surface area contributed by atoms with E-state index in [4.69, 9.17) is 9.47 Å². The predicted octanol–water partition coefficient (Wildman–Crippen LogP) is 3.15. The van der Waals surface area contributed by atoms with Crippen molar-refractivity contribution in [3.63, 3.8) is 0 Å². The summed E-state index contributed by atoms with van der Waals surface area (Å²) in [6, 6.07) is 5.58. The van der Waals surface area contributed by atoms with Crippen LogP contribution in [0, 0.1) is 6.92 Å². The second kappa shape index (κ2) is 6.06. The fraction of sp³-hybridized carbons (Fsp3) is 0.533. The van der Waals surface area contributed by atoms with E-state index in [9.17, 15) is 4.79 Å². The average molecular weight is 265 g/mol. The molecule has 0 bridgehead atoms. The maximum atomic E-state index is 12.0. The Morgan fingerprint density at radius 1 is 1.32 bits per heavy atom. The number of hydrogen-bond donors (Lipinski definition) is 1. The van der Waals surface area contributed by atoms with Gasteiger partial charge in [0.15, 0.2) is 0 Å². The lowest BCUT2D eigenvalue weighted by Crippen LogP contribution is -2.38. The molecule has 1 amide bonds. The molecule has 0 saturated heterocycles. The van der Waals surface area contributed by atoms with E-state index in [1.807, 2.05) is 39.0 Å². The number of carbonyl (C=O) groups excluding carboxylic acids is 1. The van der Waals surface area contributed by atoms with Crippen molar-refractivity contribution in [1.29, 1.82) is 0 Å². The first-order valence-electron chi connectivity index (χ1n) is 6.40. The monoisotopic (exact) mass is 265 g/mol.